The van der Waals surface area contributed by atoms with Gasteiger partial charge in [0.05, 0.1) is 26.9 Å². The summed E-state index contributed by atoms with van der Waals surface area (Å²) in [5, 5.41) is 0. The van der Waals surface area contributed by atoms with Crippen molar-refractivity contribution in [3.05, 3.63) is 135 Å². The minimum Gasteiger partial charge on any atom is -0.309 e. The zero-order chi connectivity index (χ0) is 34.7. The van der Waals surface area contributed by atoms with Crippen LogP contribution in [-0.4, -0.2) is 9.55 Å². The Morgan fingerprint density at radius 2 is 1.20 bits per heavy atom. The first-order valence-corrected chi connectivity index (χ1v) is 18.5. The van der Waals surface area contributed by atoms with Gasteiger partial charge in [0.15, 0.2) is 0 Å². The van der Waals surface area contributed by atoms with Gasteiger partial charge < -0.3 is 4.90 Å². The van der Waals surface area contributed by atoms with Crippen LogP contribution in [0.5, 0.6) is 0 Å². The molecular weight excluding hydrogens is 662 g/mol. The Bertz CT molecular complexity index is 2080. The second-order valence-corrected chi connectivity index (χ2v) is 16.6. The second kappa shape index (κ2) is 12.6. The molecular formula is C45H48BrN3. The third-order valence-electron chi connectivity index (χ3n) is 10.3. The van der Waals surface area contributed by atoms with Crippen LogP contribution in [0.4, 0.5) is 17.1 Å². The number of imidazole rings is 1. The van der Waals surface area contributed by atoms with Gasteiger partial charge in [0, 0.05) is 16.9 Å². The number of anilines is 3. The van der Waals surface area contributed by atoms with Gasteiger partial charge >= 0.3 is 0 Å². The van der Waals surface area contributed by atoms with Crippen LogP contribution in [0, 0.1) is 13.8 Å². The summed E-state index contributed by atoms with van der Waals surface area (Å²) < 4.78 is 3.43. The molecule has 0 atom stereocenters. The lowest BCUT2D eigenvalue weighted by Gasteiger charge is -2.29. The van der Waals surface area contributed by atoms with Crippen LogP contribution in [0.25, 0.3) is 28.1 Å². The number of nitrogens with zero attached hydrogens (tertiary/aromatic N) is 3. The van der Waals surface area contributed by atoms with Crippen LogP contribution < -0.4 is 4.90 Å². The summed E-state index contributed by atoms with van der Waals surface area (Å²) in [6.45, 7) is 18.0. The SMILES string of the molecule is Cc1cccc(C)c1-c1nc2c3c(ccc2n1-c1cccc(N(c2ccc(C(C)(C)C)cc2)c2ccc(C(C)(C)C)cc2)c1Br)CCCC3. The molecule has 7 rings (SSSR count). The normalized spacial score (nSPS) is 13.5. The van der Waals surface area contributed by atoms with Gasteiger partial charge in [-0.15, -0.1) is 0 Å². The highest BCUT2D eigenvalue weighted by atomic mass is 79.9. The van der Waals surface area contributed by atoms with E-state index < -0.39 is 0 Å². The topological polar surface area (TPSA) is 21.1 Å². The molecule has 1 aliphatic rings. The van der Waals surface area contributed by atoms with E-state index in [0.29, 0.717) is 0 Å². The summed E-state index contributed by atoms with van der Waals surface area (Å²) in [6.07, 6.45) is 4.68. The molecule has 0 bridgehead atoms. The molecule has 1 aliphatic carbocycles. The molecule has 3 nitrogen and oxygen atoms in total. The van der Waals surface area contributed by atoms with Crippen molar-refractivity contribution in [3.63, 3.8) is 0 Å². The lowest BCUT2D eigenvalue weighted by Crippen LogP contribution is -2.15. The highest BCUT2D eigenvalue weighted by Crippen LogP contribution is 2.45. The summed E-state index contributed by atoms with van der Waals surface area (Å²) in [5.74, 6) is 0.998. The Morgan fingerprint density at radius 3 is 1.78 bits per heavy atom. The summed E-state index contributed by atoms with van der Waals surface area (Å²) in [6, 6.07) is 36.0. The Kier molecular flexibility index (Phi) is 8.59. The van der Waals surface area contributed by atoms with Crippen molar-refractivity contribution in [2.45, 2.75) is 91.9 Å². The monoisotopic (exact) mass is 709 g/mol. The predicted octanol–water partition coefficient (Wildman–Crippen LogP) is 13.0. The number of halogens is 1. The molecule has 0 N–H and O–H groups in total. The third-order valence-corrected chi connectivity index (χ3v) is 11.1. The third kappa shape index (κ3) is 6.14. The van der Waals surface area contributed by atoms with Crippen molar-refractivity contribution in [2.24, 2.45) is 0 Å². The van der Waals surface area contributed by atoms with Gasteiger partial charge in [-0.3, -0.25) is 4.57 Å². The molecule has 0 saturated heterocycles. The van der Waals surface area contributed by atoms with Crippen molar-refractivity contribution >= 4 is 44.0 Å². The highest BCUT2D eigenvalue weighted by molar-refractivity contribution is 9.10. The minimum absolute atomic E-state index is 0.0734. The maximum Gasteiger partial charge on any atom is 0.146 e. The van der Waals surface area contributed by atoms with Gasteiger partial charge in [-0.1, -0.05) is 96.1 Å². The zero-order valence-electron chi connectivity index (χ0n) is 30.3. The first-order chi connectivity index (χ1) is 23.3. The largest absolute Gasteiger partial charge is 0.309 e. The zero-order valence-corrected chi connectivity index (χ0v) is 31.9. The fourth-order valence-corrected chi connectivity index (χ4v) is 8.07. The van der Waals surface area contributed by atoms with Crippen LogP contribution in [0.2, 0.25) is 0 Å². The fraction of sp³-hybridized carbons (Fsp3) is 0.311. The fourth-order valence-electron chi connectivity index (χ4n) is 7.45. The van der Waals surface area contributed by atoms with E-state index in [1.165, 1.54) is 51.8 Å². The lowest BCUT2D eigenvalue weighted by molar-refractivity contribution is 0.590. The van der Waals surface area contributed by atoms with E-state index >= 15 is 0 Å². The molecule has 0 aliphatic heterocycles. The Morgan fingerprint density at radius 1 is 0.653 bits per heavy atom. The Hall–Kier alpha value is -4.15. The molecule has 0 spiro atoms. The predicted molar refractivity (Wildman–Crippen MR) is 212 cm³/mol. The molecule has 49 heavy (non-hydrogen) atoms. The van der Waals surface area contributed by atoms with E-state index in [2.05, 4.69) is 178 Å². The number of rotatable bonds is 5. The minimum atomic E-state index is 0.0734. The first kappa shape index (κ1) is 33.4. The standard InChI is InChI=1S/C45H48BrN3/c1-29-13-11-14-30(2)40(29)43-47-42-36-16-10-9-15-31(36)19-28-39(42)49(43)38-18-12-17-37(41(38)46)48(34-24-20-32(21-25-34)44(3,4)5)35-26-22-33(23-27-35)45(6,7)8/h11-14,17-28H,9-10,15-16H2,1-8H3. The van der Waals surface area contributed by atoms with Crippen molar-refractivity contribution in [2.75, 3.05) is 4.90 Å². The van der Waals surface area contributed by atoms with Gasteiger partial charge in [0.1, 0.15) is 5.82 Å². The maximum absolute atomic E-state index is 5.52. The van der Waals surface area contributed by atoms with Crippen molar-refractivity contribution in [1.29, 1.82) is 0 Å². The van der Waals surface area contributed by atoms with Gasteiger partial charge in [-0.05, 0) is 142 Å². The van der Waals surface area contributed by atoms with E-state index in [1.54, 1.807) is 0 Å². The number of hydrogen-bond donors (Lipinski definition) is 0. The maximum atomic E-state index is 5.52. The lowest BCUT2D eigenvalue weighted by atomic mass is 9.86. The van der Waals surface area contributed by atoms with Crippen molar-refractivity contribution in [3.8, 4) is 17.1 Å². The number of benzene rings is 5. The molecule has 4 heteroatoms. The van der Waals surface area contributed by atoms with E-state index in [1.807, 2.05) is 0 Å². The molecule has 1 heterocycles. The molecule has 5 aromatic carbocycles. The molecule has 0 unspecified atom stereocenters. The van der Waals surface area contributed by atoms with Gasteiger partial charge in [-0.2, -0.15) is 0 Å². The van der Waals surface area contributed by atoms with Crippen molar-refractivity contribution < 1.29 is 0 Å². The Balaban J connectivity index is 1.48. The molecule has 0 amide bonds. The average molecular weight is 711 g/mol. The van der Waals surface area contributed by atoms with Crippen LogP contribution in [-0.2, 0) is 23.7 Å². The second-order valence-electron chi connectivity index (χ2n) is 15.9. The quantitative estimate of drug-likeness (QED) is 0.178. The molecule has 0 radical (unpaired) electrons. The van der Waals surface area contributed by atoms with Crippen molar-refractivity contribution in [1.82, 2.24) is 9.55 Å². The summed E-state index contributed by atoms with van der Waals surface area (Å²) >= 11 is 4.20. The first-order valence-electron chi connectivity index (χ1n) is 17.7. The van der Waals surface area contributed by atoms with Gasteiger partial charge in [0.2, 0.25) is 0 Å². The van der Waals surface area contributed by atoms with Crippen LogP contribution in [0.15, 0.2) is 102 Å². The Labute approximate surface area is 301 Å². The van der Waals surface area contributed by atoms with Gasteiger partial charge in [0.25, 0.3) is 0 Å². The van der Waals surface area contributed by atoms with Crippen LogP contribution in [0.3, 0.4) is 0 Å². The smallest absolute Gasteiger partial charge is 0.146 e. The highest BCUT2D eigenvalue weighted by Gasteiger charge is 2.26. The van der Waals surface area contributed by atoms with Crippen LogP contribution >= 0.6 is 15.9 Å². The molecule has 6 aromatic rings. The molecule has 1 aromatic heterocycles. The van der Waals surface area contributed by atoms with Gasteiger partial charge in [-0.25, -0.2) is 4.98 Å². The molecule has 250 valence electrons. The summed E-state index contributed by atoms with van der Waals surface area (Å²) in [5.41, 5.74) is 16.0. The van der Waals surface area contributed by atoms with Crippen LogP contribution in [0.1, 0.15) is 87.8 Å². The average Bonchev–Trinajstić information content (AvgIpc) is 3.44. The number of hydrogen-bond acceptors (Lipinski definition) is 2. The number of aryl methyl sites for hydroxylation is 4. The van der Waals surface area contributed by atoms with E-state index in [-0.39, 0.29) is 10.8 Å². The molecule has 0 fully saturated rings. The summed E-state index contributed by atoms with van der Waals surface area (Å²) in [7, 11) is 0. The molecule has 0 saturated carbocycles. The number of aromatic nitrogens is 2. The van der Waals surface area contributed by atoms with E-state index in [4.69, 9.17) is 4.98 Å². The van der Waals surface area contributed by atoms with E-state index in [9.17, 15) is 0 Å². The number of fused-ring (bicyclic) bond motifs is 3. The van der Waals surface area contributed by atoms with E-state index in [0.717, 1.165) is 56.9 Å². The summed E-state index contributed by atoms with van der Waals surface area (Å²) in [4.78, 5) is 7.90.